The number of halogens is 3. The number of nitrogens with zero attached hydrogens (tertiary/aromatic N) is 1. The van der Waals surface area contributed by atoms with E-state index in [9.17, 15) is 18.0 Å². The fourth-order valence-corrected chi connectivity index (χ4v) is 2.26. The molecule has 1 amide bonds. The average molecular weight is 382 g/mol. The quantitative estimate of drug-likeness (QED) is 0.717. The normalized spacial score (nSPS) is 12.1. The Kier molecular flexibility index (Phi) is 7.48. The van der Waals surface area contributed by atoms with E-state index < -0.39 is 24.4 Å². The van der Waals surface area contributed by atoms with Crippen LogP contribution in [0.4, 0.5) is 18.9 Å². The van der Waals surface area contributed by atoms with E-state index in [0.717, 1.165) is 0 Å². The summed E-state index contributed by atoms with van der Waals surface area (Å²) < 4.78 is 48.2. The Morgan fingerprint density at radius 3 is 2.41 bits per heavy atom. The van der Waals surface area contributed by atoms with Crippen LogP contribution in [-0.4, -0.2) is 43.7 Å². The van der Waals surface area contributed by atoms with Crippen LogP contribution in [-0.2, 0) is 4.79 Å². The van der Waals surface area contributed by atoms with Crippen LogP contribution < -0.4 is 14.8 Å². The van der Waals surface area contributed by atoms with Gasteiger partial charge in [0.15, 0.2) is 11.6 Å². The summed E-state index contributed by atoms with van der Waals surface area (Å²) in [5, 5.41) is 2.57. The van der Waals surface area contributed by atoms with Crippen LogP contribution in [0.2, 0.25) is 0 Å². The lowest BCUT2D eigenvalue weighted by atomic mass is 10.2. The van der Waals surface area contributed by atoms with E-state index in [1.807, 2.05) is 0 Å². The third kappa shape index (κ3) is 6.18. The molecule has 2 aromatic carbocycles. The number of hydrogen-bond acceptors (Lipinski definition) is 4. The van der Waals surface area contributed by atoms with Crippen LogP contribution in [0.25, 0.3) is 0 Å². The van der Waals surface area contributed by atoms with Gasteiger partial charge in [-0.15, -0.1) is 0 Å². The van der Waals surface area contributed by atoms with Gasteiger partial charge in [-0.1, -0.05) is 24.3 Å². The minimum absolute atomic E-state index is 0.112. The molecule has 0 radical (unpaired) electrons. The van der Waals surface area contributed by atoms with Crippen molar-refractivity contribution in [3.8, 4) is 11.5 Å². The molecule has 0 aliphatic carbocycles. The zero-order valence-electron chi connectivity index (χ0n) is 15.0. The molecular formula is C19H21F3N2O3. The SMILES string of the molecule is CC(C(=O)Nc1ccccc1OC(F)F)N(C)CCOc1ccccc1F. The van der Waals surface area contributed by atoms with Crippen LogP contribution in [0.5, 0.6) is 11.5 Å². The summed E-state index contributed by atoms with van der Waals surface area (Å²) in [5.74, 6) is -0.824. The number of rotatable bonds is 9. The van der Waals surface area contributed by atoms with Crippen LogP contribution in [0.3, 0.4) is 0 Å². The van der Waals surface area contributed by atoms with E-state index in [2.05, 4.69) is 10.1 Å². The molecule has 146 valence electrons. The number of likely N-dealkylation sites (N-methyl/N-ethyl adjacent to an activating group) is 1. The van der Waals surface area contributed by atoms with Crippen molar-refractivity contribution in [3.05, 3.63) is 54.3 Å². The van der Waals surface area contributed by atoms with E-state index in [4.69, 9.17) is 4.74 Å². The largest absolute Gasteiger partial charge is 0.489 e. The Labute approximate surface area is 155 Å². The first-order valence-electron chi connectivity index (χ1n) is 8.30. The van der Waals surface area contributed by atoms with Crippen LogP contribution in [0.15, 0.2) is 48.5 Å². The highest BCUT2D eigenvalue weighted by Gasteiger charge is 2.20. The molecule has 8 heteroatoms. The molecular weight excluding hydrogens is 361 g/mol. The summed E-state index contributed by atoms with van der Waals surface area (Å²) >= 11 is 0. The Morgan fingerprint density at radius 2 is 1.74 bits per heavy atom. The monoisotopic (exact) mass is 382 g/mol. The molecule has 0 saturated carbocycles. The van der Waals surface area contributed by atoms with Crippen molar-refractivity contribution in [2.24, 2.45) is 0 Å². The number of hydrogen-bond donors (Lipinski definition) is 1. The summed E-state index contributed by atoms with van der Waals surface area (Å²) in [6, 6.07) is 11.4. The maximum absolute atomic E-state index is 13.5. The molecule has 27 heavy (non-hydrogen) atoms. The fourth-order valence-electron chi connectivity index (χ4n) is 2.26. The average Bonchev–Trinajstić information content (AvgIpc) is 2.63. The minimum atomic E-state index is -2.99. The van der Waals surface area contributed by atoms with E-state index in [-0.39, 0.29) is 23.8 Å². The highest BCUT2D eigenvalue weighted by Crippen LogP contribution is 2.25. The van der Waals surface area contributed by atoms with Crippen LogP contribution in [0, 0.1) is 5.82 Å². The third-order valence-corrected chi connectivity index (χ3v) is 3.94. The molecule has 0 aromatic heterocycles. The van der Waals surface area contributed by atoms with Gasteiger partial charge in [-0.3, -0.25) is 9.69 Å². The highest BCUT2D eigenvalue weighted by molar-refractivity contribution is 5.95. The third-order valence-electron chi connectivity index (χ3n) is 3.94. The van der Waals surface area contributed by atoms with Gasteiger partial charge in [0.25, 0.3) is 0 Å². The number of benzene rings is 2. The Bertz CT molecular complexity index is 758. The second-order valence-electron chi connectivity index (χ2n) is 5.80. The molecule has 0 aliphatic rings. The van der Waals surface area contributed by atoms with Crippen LogP contribution >= 0.6 is 0 Å². The van der Waals surface area contributed by atoms with Gasteiger partial charge >= 0.3 is 6.61 Å². The van der Waals surface area contributed by atoms with Crippen molar-refractivity contribution in [3.63, 3.8) is 0 Å². The fraction of sp³-hybridized carbons (Fsp3) is 0.316. The lowest BCUT2D eigenvalue weighted by Gasteiger charge is -2.24. The maximum atomic E-state index is 13.5. The first-order chi connectivity index (χ1) is 12.9. The zero-order valence-corrected chi connectivity index (χ0v) is 15.0. The topological polar surface area (TPSA) is 50.8 Å². The number of amides is 1. The molecule has 5 nitrogen and oxygen atoms in total. The second-order valence-corrected chi connectivity index (χ2v) is 5.80. The van der Waals surface area contributed by atoms with Crippen molar-refractivity contribution >= 4 is 11.6 Å². The molecule has 0 saturated heterocycles. The number of alkyl halides is 2. The smallest absolute Gasteiger partial charge is 0.387 e. The number of ether oxygens (including phenoxy) is 2. The number of carbonyl (C=O) groups excluding carboxylic acids is 1. The molecule has 0 heterocycles. The Hall–Kier alpha value is -2.74. The van der Waals surface area contributed by atoms with Crippen molar-refractivity contribution in [2.45, 2.75) is 19.6 Å². The van der Waals surface area contributed by atoms with Crippen molar-refractivity contribution < 1.29 is 27.4 Å². The molecule has 0 fully saturated rings. The summed E-state index contributed by atoms with van der Waals surface area (Å²) in [7, 11) is 1.70. The van der Waals surface area contributed by atoms with Crippen LogP contribution in [0.1, 0.15) is 6.92 Å². The molecule has 0 spiro atoms. The number of anilines is 1. The van der Waals surface area contributed by atoms with Crippen molar-refractivity contribution in [1.82, 2.24) is 4.90 Å². The summed E-state index contributed by atoms with van der Waals surface area (Å²) in [6.07, 6.45) is 0. The molecule has 1 unspecified atom stereocenters. The summed E-state index contributed by atoms with van der Waals surface area (Å²) in [5.41, 5.74) is 0.158. The van der Waals surface area contributed by atoms with E-state index in [1.165, 1.54) is 30.3 Å². The first-order valence-corrected chi connectivity index (χ1v) is 8.30. The Morgan fingerprint density at radius 1 is 1.11 bits per heavy atom. The molecule has 2 aromatic rings. The van der Waals surface area contributed by atoms with Crippen molar-refractivity contribution in [2.75, 3.05) is 25.5 Å². The van der Waals surface area contributed by atoms with Gasteiger partial charge in [0.05, 0.1) is 11.7 Å². The highest BCUT2D eigenvalue weighted by atomic mass is 19.3. The molecule has 1 atom stereocenters. The van der Waals surface area contributed by atoms with Gasteiger partial charge in [0.2, 0.25) is 5.91 Å². The molecule has 0 bridgehead atoms. The molecule has 2 rings (SSSR count). The van der Waals surface area contributed by atoms with Gasteiger partial charge in [-0.2, -0.15) is 8.78 Å². The van der Waals surface area contributed by atoms with E-state index in [0.29, 0.717) is 6.54 Å². The van der Waals surface area contributed by atoms with Crippen molar-refractivity contribution in [1.29, 1.82) is 0 Å². The predicted molar refractivity (Wildman–Crippen MR) is 95.7 cm³/mol. The van der Waals surface area contributed by atoms with Gasteiger partial charge in [-0.05, 0) is 38.2 Å². The number of para-hydroxylation sites is 3. The predicted octanol–water partition coefficient (Wildman–Crippen LogP) is 3.76. The maximum Gasteiger partial charge on any atom is 0.387 e. The van der Waals surface area contributed by atoms with Gasteiger partial charge < -0.3 is 14.8 Å². The number of nitrogens with one attached hydrogen (secondary N) is 1. The second kappa shape index (κ2) is 9.82. The van der Waals surface area contributed by atoms with Gasteiger partial charge in [-0.25, -0.2) is 4.39 Å². The Balaban J connectivity index is 1.88. The number of carbonyl (C=O) groups is 1. The first kappa shape index (κ1) is 20.6. The van der Waals surface area contributed by atoms with E-state index in [1.54, 1.807) is 37.1 Å². The lowest BCUT2D eigenvalue weighted by molar-refractivity contribution is -0.120. The lowest BCUT2D eigenvalue weighted by Crippen LogP contribution is -2.41. The summed E-state index contributed by atoms with van der Waals surface area (Å²) in [6.45, 7) is -0.786. The minimum Gasteiger partial charge on any atom is -0.489 e. The van der Waals surface area contributed by atoms with Gasteiger partial charge in [0, 0.05) is 6.54 Å². The molecule has 0 aliphatic heterocycles. The standard InChI is InChI=1S/C19H21F3N2O3/c1-13(24(2)11-12-26-16-9-5-3-7-14(16)20)18(25)23-15-8-4-6-10-17(15)27-19(21)22/h3-10,13,19H,11-12H2,1-2H3,(H,23,25). The van der Waals surface area contributed by atoms with Gasteiger partial charge in [0.1, 0.15) is 12.4 Å². The zero-order chi connectivity index (χ0) is 19.8. The van der Waals surface area contributed by atoms with E-state index >= 15 is 0 Å². The summed E-state index contributed by atoms with van der Waals surface area (Å²) in [4.78, 5) is 14.1. The molecule has 1 N–H and O–H groups in total.